The molecule has 0 bridgehead atoms. The van der Waals surface area contributed by atoms with E-state index in [4.69, 9.17) is 0 Å². The number of hydrogen-bond donors (Lipinski definition) is 1. The van der Waals surface area contributed by atoms with Gasteiger partial charge in [0.05, 0.1) is 16.9 Å². The standard InChI is InChI=1S/C20H14F5N3O/c1-10-8-11(2-5-15(10)22)17-13-6-7-26-18(13)19(29)28(27-17)16-9-12(21)3-4-14(16)20(23,24)25/h2-5,8-9,26H,6-7H2,1H3. The van der Waals surface area contributed by atoms with Crippen molar-refractivity contribution in [3.8, 4) is 16.9 Å². The highest BCUT2D eigenvalue weighted by Gasteiger charge is 2.35. The molecule has 3 aromatic rings. The number of alkyl halides is 3. The number of aryl methyl sites for hydroxylation is 1. The molecular weight excluding hydrogens is 393 g/mol. The lowest BCUT2D eigenvalue weighted by Crippen LogP contribution is -2.27. The van der Waals surface area contributed by atoms with Crippen LogP contribution < -0.4 is 10.9 Å². The maximum atomic E-state index is 13.8. The highest BCUT2D eigenvalue weighted by Crippen LogP contribution is 2.35. The van der Waals surface area contributed by atoms with Gasteiger partial charge in [0.1, 0.15) is 17.3 Å². The van der Waals surface area contributed by atoms with Crippen molar-refractivity contribution in [1.82, 2.24) is 9.78 Å². The second-order valence-electron chi connectivity index (χ2n) is 6.72. The van der Waals surface area contributed by atoms with Crippen molar-refractivity contribution in [1.29, 1.82) is 0 Å². The van der Waals surface area contributed by atoms with E-state index in [1.807, 2.05) is 0 Å². The van der Waals surface area contributed by atoms with Crippen LogP contribution in [0.5, 0.6) is 0 Å². The number of fused-ring (bicyclic) bond motifs is 1. The summed E-state index contributed by atoms with van der Waals surface area (Å²) < 4.78 is 68.4. The van der Waals surface area contributed by atoms with Gasteiger partial charge in [0.2, 0.25) is 0 Å². The van der Waals surface area contributed by atoms with Crippen LogP contribution in [0.25, 0.3) is 16.9 Å². The highest BCUT2D eigenvalue weighted by atomic mass is 19.4. The largest absolute Gasteiger partial charge is 0.418 e. The van der Waals surface area contributed by atoms with E-state index in [2.05, 4.69) is 10.4 Å². The fraction of sp³-hybridized carbons (Fsp3) is 0.200. The van der Waals surface area contributed by atoms with Crippen LogP contribution in [-0.2, 0) is 12.6 Å². The molecular formula is C20H14F5N3O. The summed E-state index contributed by atoms with van der Waals surface area (Å²) in [5, 5.41) is 7.01. The first-order chi connectivity index (χ1) is 13.7. The predicted molar refractivity (Wildman–Crippen MR) is 97.1 cm³/mol. The van der Waals surface area contributed by atoms with Crippen LogP contribution in [-0.4, -0.2) is 16.3 Å². The van der Waals surface area contributed by atoms with Crippen molar-refractivity contribution in [2.24, 2.45) is 0 Å². The lowest BCUT2D eigenvalue weighted by atomic mass is 10.0. The Bertz CT molecular complexity index is 1180. The van der Waals surface area contributed by atoms with Crippen molar-refractivity contribution in [3.05, 3.63) is 75.1 Å². The Morgan fingerprint density at radius 1 is 1.10 bits per heavy atom. The number of anilines is 1. The average Bonchev–Trinajstić information content (AvgIpc) is 3.14. The zero-order chi connectivity index (χ0) is 20.9. The first-order valence-corrected chi connectivity index (χ1v) is 8.70. The summed E-state index contributed by atoms with van der Waals surface area (Å²) in [6.07, 6.45) is -4.39. The Hall–Kier alpha value is -3.23. The van der Waals surface area contributed by atoms with Gasteiger partial charge in [-0.05, 0) is 49.2 Å². The second-order valence-corrected chi connectivity index (χ2v) is 6.72. The SMILES string of the molecule is Cc1cc(-c2nn(-c3cc(F)ccc3C(F)(F)F)c(=O)c3c2CCN3)ccc1F. The quantitative estimate of drug-likeness (QED) is 0.638. The Labute approximate surface area is 161 Å². The van der Waals surface area contributed by atoms with Crippen molar-refractivity contribution in [2.45, 2.75) is 19.5 Å². The summed E-state index contributed by atoms with van der Waals surface area (Å²) in [4.78, 5) is 12.8. The number of benzene rings is 2. The number of nitrogens with zero attached hydrogens (tertiary/aromatic N) is 2. The molecule has 0 fully saturated rings. The first-order valence-electron chi connectivity index (χ1n) is 8.70. The maximum Gasteiger partial charge on any atom is 0.418 e. The number of hydrogen-bond acceptors (Lipinski definition) is 3. The van der Waals surface area contributed by atoms with Gasteiger partial charge < -0.3 is 5.32 Å². The molecule has 2 aromatic carbocycles. The fourth-order valence-electron chi connectivity index (χ4n) is 3.40. The van der Waals surface area contributed by atoms with Crippen molar-refractivity contribution >= 4 is 5.69 Å². The van der Waals surface area contributed by atoms with E-state index >= 15 is 0 Å². The average molecular weight is 407 g/mol. The van der Waals surface area contributed by atoms with Crippen LogP contribution in [0.1, 0.15) is 16.7 Å². The molecule has 1 aliphatic heterocycles. The van der Waals surface area contributed by atoms with Crippen LogP contribution in [0.15, 0.2) is 41.2 Å². The molecule has 0 spiro atoms. The second kappa shape index (κ2) is 6.68. The molecule has 1 aliphatic rings. The van der Waals surface area contributed by atoms with Crippen LogP contribution in [0, 0.1) is 18.6 Å². The monoisotopic (exact) mass is 407 g/mol. The van der Waals surface area contributed by atoms with Crippen LogP contribution in [0.3, 0.4) is 0 Å². The highest BCUT2D eigenvalue weighted by molar-refractivity contribution is 5.72. The lowest BCUT2D eigenvalue weighted by Gasteiger charge is -2.17. The van der Waals surface area contributed by atoms with E-state index in [1.54, 1.807) is 6.92 Å². The smallest absolute Gasteiger partial charge is 0.380 e. The third-order valence-corrected chi connectivity index (χ3v) is 4.80. The minimum Gasteiger partial charge on any atom is -0.380 e. The predicted octanol–water partition coefficient (Wildman–Crippen LogP) is 4.47. The minimum absolute atomic E-state index is 0.106. The van der Waals surface area contributed by atoms with Crippen molar-refractivity contribution in [3.63, 3.8) is 0 Å². The topological polar surface area (TPSA) is 46.9 Å². The number of rotatable bonds is 2. The summed E-state index contributed by atoms with van der Waals surface area (Å²) in [6.45, 7) is 1.94. The fourth-order valence-corrected chi connectivity index (χ4v) is 3.40. The Balaban J connectivity index is 2.04. The van der Waals surface area contributed by atoms with Gasteiger partial charge in [-0.25, -0.2) is 8.78 Å². The van der Waals surface area contributed by atoms with Crippen LogP contribution in [0.4, 0.5) is 27.6 Å². The van der Waals surface area contributed by atoms with Gasteiger partial charge in [-0.15, -0.1) is 0 Å². The zero-order valence-electron chi connectivity index (χ0n) is 15.1. The number of halogens is 5. The molecule has 150 valence electrons. The third-order valence-electron chi connectivity index (χ3n) is 4.80. The lowest BCUT2D eigenvalue weighted by molar-refractivity contribution is -0.137. The van der Waals surface area contributed by atoms with Gasteiger partial charge in [0.25, 0.3) is 5.56 Å². The van der Waals surface area contributed by atoms with E-state index in [0.717, 1.165) is 0 Å². The molecule has 4 rings (SSSR count). The molecule has 0 amide bonds. The molecule has 0 radical (unpaired) electrons. The Morgan fingerprint density at radius 3 is 2.55 bits per heavy atom. The van der Waals surface area contributed by atoms with Crippen LogP contribution in [0.2, 0.25) is 0 Å². The summed E-state index contributed by atoms with van der Waals surface area (Å²) in [5.74, 6) is -1.38. The van der Waals surface area contributed by atoms with Gasteiger partial charge in [-0.1, -0.05) is 0 Å². The minimum atomic E-state index is -4.82. The van der Waals surface area contributed by atoms with E-state index in [-0.39, 0.29) is 11.4 Å². The molecule has 1 aromatic heterocycles. The zero-order valence-corrected chi connectivity index (χ0v) is 15.1. The molecule has 4 nitrogen and oxygen atoms in total. The first kappa shape index (κ1) is 19.1. The maximum absolute atomic E-state index is 13.8. The van der Waals surface area contributed by atoms with Gasteiger partial charge in [-0.3, -0.25) is 4.79 Å². The van der Waals surface area contributed by atoms with Gasteiger partial charge in [0.15, 0.2) is 0 Å². The molecule has 0 aliphatic carbocycles. The van der Waals surface area contributed by atoms with E-state index < -0.39 is 34.6 Å². The summed E-state index contributed by atoms with van der Waals surface area (Å²) in [5.41, 5.74) is -1.06. The number of aromatic nitrogens is 2. The molecule has 0 saturated carbocycles. The Morgan fingerprint density at radius 2 is 1.86 bits per heavy atom. The third kappa shape index (κ3) is 3.26. The van der Waals surface area contributed by atoms with Crippen molar-refractivity contribution < 1.29 is 22.0 Å². The molecule has 0 atom stereocenters. The van der Waals surface area contributed by atoms with Gasteiger partial charge >= 0.3 is 6.18 Å². The molecule has 2 heterocycles. The molecule has 9 heteroatoms. The van der Waals surface area contributed by atoms with E-state index in [0.29, 0.717) is 52.5 Å². The van der Waals surface area contributed by atoms with Crippen molar-refractivity contribution in [2.75, 3.05) is 11.9 Å². The normalized spacial score (nSPS) is 13.3. The number of nitrogens with one attached hydrogen (secondary N) is 1. The van der Waals surface area contributed by atoms with E-state index in [9.17, 15) is 26.7 Å². The van der Waals surface area contributed by atoms with E-state index in [1.165, 1.54) is 18.2 Å². The summed E-state index contributed by atoms with van der Waals surface area (Å²) in [6, 6.07) is 6.03. The molecule has 0 saturated heterocycles. The van der Waals surface area contributed by atoms with Gasteiger partial charge in [0, 0.05) is 23.7 Å². The summed E-state index contributed by atoms with van der Waals surface area (Å²) in [7, 11) is 0. The Kier molecular flexibility index (Phi) is 4.40. The van der Waals surface area contributed by atoms with Crippen LogP contribution >= 0.6 is 0 Å². The van der Waals surface area contributed by atoms with Gasteiger partial charge in [-0.2, -0.15) is 23.0 Å². The molecule has 0 unspecified atom stereocenters. The molecule has 29 heavy (non-hydrogen) atoms. The molecule has 1 N–H and O–H groups in total. The summed E-state index contributed by atoms with van der Waals surface area (Å²) >= 11 is 0.